The molecule has 0 saturated heterocycles. The van der Waals surface area contributed by atoms with Gasteiger partial charge in [0.2, 0.25) is 17.7 Å². The first-order valence-electron chi connectivity index (χ1n) is 10.1. The second kappa shape index (κ2) is 8.07. The van der Waals surface area contributed by atoms with Gasteiger partial charge in [0, 0.05) is 36.7 Å². The molecule has 1 N–H and O–H groups in total. The fourth-order valence-corrected chi connectivity index (χ4v) is 3.89. The summed E-state index contributed by atoms with van der Waals surface area (Å²) >= 11 is 0. The molecule has 1 saturated carbocycles. The predicted molar refractivity (Wildman–Crippen MR) is 112 cm³/mol. The van der Waals surface area contributed by atoms with E-state index in [1.54, 1.807) is 11.9 Å². The van der Waals surface area contributed by atoms with Crippen LogP contribution in [0.25, 0.3) is 22.6 Å². The monoisotopic (exact) mass is 391 g/mol. The standard InChI is InChI=1S/C23H25N3O3/c1-3-21(27)24-17-11-8-16(14-17)23(28)26(2)18-12-9-15(10-13-18)22-25-19-6-4-5-7-20(19)29-22/h4-7,9-10,12-13,16-17H,3,8,11,14H2,1-2H3,(H,24,27)/t16-,17-/m0/s1. The fraction of sp³-hybridized carbons (Fsp3) is 0.348. The molecule has 2 aromatic carbocycles. The summed E-state index contributed by atoms with van der Waals surface area (Å²) in [6, 6.07) is 15.4. The maximum Gasteiger partial charge on any atom is 0.229 e. The molecule has 3 aromatic rings. The molecule has 1 aliphatic carbocycles. The Kier molecular flexibility index (Phi) is 5.34. The molecule has 150 valence electrons. The quantitative estimate of drug-likeness (QED) is 0.709. The van der Waals surface area contributed by atoms with Crippen LogP contribution in [0.5, 0.6) is 0 Å². The number of benzene rings is 2. The maximum absolute atomic E-state index is 12.9. The molecule has 1 heterocycles. The van der Waals surface area contributed by atoms with Crippen molar-refractivity contribution >= 4 is 28.6 Å². The average Bonchev–Trinajstić information content (AvgIpc) is 3.39. The lowest BCUT2D eigenvalue weighted by molar-refractivity contribution is -0.123. The Morgan fingerprint density at radius 3 is 2.62 bits per heavy atom. The largest absolute Gasteiger partial charge is 0.436 e. The Bertz CT molecular complexity index is 992. The Morgan fingerprint density at radius 2 is 1.90 bits per heavy atom. The van der Waals surface area contributed by atoms with Gasteiger partial charge in [-0.15, -0.1) is 0 Å². The summed E-state index contributed by atoms with van der Waals surface area (Å²) in [5.74, 6) is 0.648. The van der Waals surface area contributed by atoms with Gasteiger partial charge in [0.1, 0.15) is 5.52 Å². The van der Waals surface area contributed by atoms with Gasteiger partial charge in [-0.1, -0.05) is 19.1 Å². The van der Waals surface area contributed by atoms with Crippen molar-refractivity contribution in [3.05, 3.63) is 48.5 Å². The topological polar surface area (TPSA) is 75.4 Å². The van der Waals surface area contributed by atoms with Crippen LogP contribution >= 0.6 is 0 Å². The molecule has 1 aromatic heterocycles. The van der Waals surface area contributed by atoms with Crippen LogP contribution in [0.3, 0.4) is 0 Å². The number of nitrogens with one attached hydrogen (secondary N) is 1. The number of hydrogen-bond donors (Lipinski definition) is 1. The van der Waals surface area contributed by atoms with Gasteiger partial charge >= 0.3 is 0 Å². The molecule has 29 heavy (non-hydrogen) atoms. The third-order valence-corrected chi connectivity index (χ3v) is 5.59. The van der Waals surface area contributed by atoms with Gasteiger partial charge in [0.25, 0.3) is 0 Å². The van der Waals surface area contributed by atoms with E-state index in [4.69, 9.17) is 4.42 Å². The van der Waals surface area contributed by atoms with Crippen molar-refractivity contribution in [2.24, 2.45) is 5.92 Å². The molecule has 1 aliphatic rings. The van der Waals surface area contributed by atoms with E-state index in [2.05, 4.69) is 10.3 Å². The van der Waals surface area contributed by atoms with Crippen LogP contribution in [-0.4, -0.2) is 29.9 Å². The normalized spacial score (nSPS) is 18.7. The predicted octanol–water partition coefficient (Wildman–Crippen LogP) is 4.15. The van der Waals surface area contributed by atoms with Crippen molar-refractivity contribution < 1.29 is 14.0 Å². The number of rotatable bonds is 5. The number of hydrogen-bond acceptors (Lipinski definition) is 4. The van der Waals surface area contributed by atoms with Crippen LogP contribution in [0.15, 0.2) is 52.9 Å². The van der Waals surface area contributed by atoms with Crippen molar-refractivity contribution in [1.82, 2.24) is 10.3 Å². The van der Waals surface area contributed by atoms with E-state index >= 15 is 0 Å². The summed E-state index contributed by atoms with van der Waals surface area (Å²) in [5.41, 5.74) is 3.28. The van der Waals surface area contributed by atoms with Crippen LogP contribution in [-0.2, 0) is 9.59 Å². The zero-order valence-electron chi connectivity index (χ0n) is 16.7. The van der Waals surface area contributed by atoms with Gasteiger partial charge in [0.05, 0.1) is 0 Å². The van der Waals surface area contributed by atoms with Crippen molar-refractivity contribution in [1.29, 1.82) is 0 Å². The SMILES string of the molecule is CCC(=O)N[C@H]1CC[C@H](C(=O)N(C)c2ccc(-c3nc4ccccc4o3)cc2)C1. The molecule has 0 spiro atoms. The maximum atomic E-state index is 12.9. The average molecular weight is 391 g/mol. The first-order valence-corrected chi connectivity index (χ1v) is 10.1. The first-order chi connectivity index (χ1) is 14.0. The Morgan fingerprint density at radius 1 is 1.14 bits per heavy atom. The zero-order valence-corrected chi connectivity index (χ0v) is 16.7. The van der Waals surface area contributed by atoms with Gasteiger partial charge in [0.15, 0.2) is 5.58 Å². The summed E-state index contributed by atoms with van der Waals surface area (Å²) in [4.78, 5) is 30.7. The minimum Gasteiger partial charge on any atom is -0.436 e. The lowest BCUT2D eigenvalue weighted by atomic mass is 10.1. The summed E-state index contributed by atoms with van der Waals surface area (Å²) < 4.78 is 5.81. The third kappa shape index (κ3) is 4.01. The second-order valence-corrected chi connectivity index (χ2v) is 7.56. The number of nitrogens with zero attached hydrogens (tertiary/aromatic N) is 2. The molecule has 6 heteroatoms. The molecule has 4 rings (SSSR count). The number of oxazole rings is 1. The highest BCUT2D eigenvalue weighted by atomic mass is 16.3. The lowest BCUT2D eigenvalue weighted by Gasteiger charge is -2.21. The van der Waals surface area contributed by atoms with Crippen LogP contribution in [0.2, 0.25) is 0 Å². The van der Waals surface area contributed by atoms with Crippen molar-refractivity contribution in [2.75, 3.05) is 11.9 Å². The third-order valence-electron chi connectivity index (χ3n) is 5.59. The molecule has 0 radical (unpaired) electrons. The number of anilines is 1. The second-order valence-electron chi connectivity index (χ2n) is 7.56. The number of aromatic nitrogens is 1. The molecule has 0 bridgehead atoms. The summed E-state index contributed by atoms with van der Waals surface area (Å²) in [6.07, 6.45) is 2.84. The molecule has 6 nitrogen and oxygen atoms in total. The molecule has 1 fully saturated rings. The van der Waals surface area contributed by atoms with Gasteiger partial charge < -0.3 is 14.6 Å². The van der Waals surface area contributed by atoms with Crippen LogP contribution in [0, 0.1) is 5.92 Å². The van der Waals surface area contributed by atoms with Gasteiger partial charge in [-0.05, 0) is 55.7 Å². The van der Waals surface area contributed by atoms with Crippen LogP contribution in [0.1, 0.15) is 32.6 Å². The molecular weight excluding hydrogens is 366 g/mol. The summed E-state index contributed by atoms with van der Waals surface area (Å²) in [6.45, 7) is 1.84. The van der Waals surface area contributed by atoms with E-state index in [-0.39, 0.29) is 23.8 Å². The van der Waals surface area contributed by atoms with Gasteiger partial charge in [-0.25, -0.2) is 4.98 Å². The van der Waals surface area contributed by atoms with Crippen LogP contribution in [0.4, 0.5) is 5.69 Å². The molecular formula is C23H25N3O3. The van der Waals surface area contributed by atoms with Crippen LogP contribution < -0.4 is 10.2 Å². The zero-order chi connectivity index (χ0) is 20.4. The highest BCUT2D eigenvalue weighted by Gasteiger charge is 2.32. The Labute approximate surface area is 169 Å². The summed E-state index contributed by atoms with van der Waals surface area (Å²) in [7, 11) is 1.80. The van der Waals surface area contributed by atoms with Crippen molar-refractivity contribution in [2.45, 2.75) is 38.6 Å². The van der Waals surface area contributed by atoms with E-state index in [0.717, 1.165) is 35.2 Å². The number of fused-ring (bicyclic) bond motifs is 1. The first kappa shape index (κ1) is 19.2. The van der Waals surface area contributed by atoms with Crippen molar-refractivity contribution in [3.63, 3.8) is 0 Å². The van der Waals surface area contributed by atoms with E-state index in [1.807, 2.05) is 55.5 Å². The number of carbonyl (C=O) groups is 2. The number of amides is 2. The highest BCUT2D eigenvalue weighted by molar-refractivity contribution is 5.95. The van der Waals surface area contributed by atoms with E-state index in [9.17, 15) is 9.59 Å². The Balaban J connectivity index is 1.43. The lowest BCUT2D eigenvalue weighted by Crippen LogP contribution is -2.35. The molecule has 2 atom stereocenters. The molecule has 2 amide bonds. The minimum atomic E-state index is -0.0566. The van der Waals surface area contributed by atoms with E-state index in [1.165, 1.54) is 0 Å². The summed E-state index contributed by atoms with van der Waals surface area (Å²) in [5, 5.41) is 3.00. The van der Waals surface area contributed by atoms with Gasteiger partial charge in [-0.3, -0.25) is 9.59 Å². The molecule has 0 unspecified atom stereocenters. The fourth-order valence-electron chi connectivity index (χ4n) is 3.89. The van der Waals surface area contributed by atoms with Crippen molar-refractivity contribution in [3.8, 4) is 11.5 Å². The number of carbonyl (C=O) groups excluding carboxylic acids is 2. The molecule has 0 aliphatic heterocycles. The minimum absolute atomic E-state index is 0.0474. The van der Waals surface area contributed by atoms with E-state index in [0.29, 0.717) is 18.7 Å². The smallest absolute Gasteiger partial charge is 0.229 e. The van der Waals surface area contributed by atoms with E-state index < -0.39 is 0 Å². The Hall–Kier alpha value is -3.15. The number of para-hydroxylation sites is 2. The van der Waals surface area contributed by atoms with Gasteiger partial charge in [-0.2, -0.15) is 0 Å². The highest BCUT2D eigenvalue weighted by Crippen LogP contribution is 2.30.